The molecule has 0 amide bonds. The summed E-state index contributed by atoms with van der Waals surface area (Å²) in [5, 5.41) is 0. The SMILES string of the molecule is Cc1c(C2CCOCC2)nc[nH]c1=O. The molecule has 0 spiro atoms. The summed E-state index contributed by atoms with van der Waals surface area (Å²) in [7, 11) is 0. The van der Waals surface area contributed by atoms with E-state index in [4.69, 9.17) is 4.74 Å². The lowest BCUT2D eigenvalue weighted by molar-refractivity contribution is 0.0843. The van der Waals surface area contributed by atoms with Crippen molar-refractivity contribution in [2.45, 2.75) is 25.7 Å². The molecule has 1 saturated heterocycles. The van der Waals surface area contributed by atoms with E-state index in [0.29, 0.717) is 5.92 Å². The third-order valence-electron chi connectivity index (χ3n) is 2.73. The second-order valence-electron chi connectivity index (χ2n) is 3.63. The van der Waals surface area contributed by atoms with Crippen LogP contribution in [-0.2, 0) is 4.74 Å². The number of nitrogens with one attached hydrogen (secondary N) is 1. The van der Waals surface area contributed by atoms with Gasteiger partial charge in [0.1, 0.15) is 0 Å². The van der Waals surface area contributed by atoms with Gasteiger partial charge in [0.25, 0.3) is 5.56 Å². The number of aromatic amines is 1. The Hall–Kier alpha value is -1.16. The smallest absolute Gasteiger partial charge is 0.253 e. The third-order valence-corrected chi connectivity index (χ3v) is 2.73. The van der Waals surface area contributed by atoms with Crippen molar-refractivity contribution in [3.05, 3.63) is 27.9 Å². The summed E-state index contributed by atoms with van der Waals surface area (Å²) < 4.78 is 5.28. The van der Waals surface area contributed by atoms with E-state index in [2.05, 4.69) is 9.97 Å². The van der Waals surface area contributed by atoms with E-state index in [-0.39, 0.29) is 5.56 Å². The molecule has 4 nitrogen and oxygen atoms in total. The fourth-order valence-corrected chi connectivity index (χ4v) is 1.86. The van der Waals surface area contributed by atoms with Gasteiger partial charge in [-0.2, -0.15) is 0 Å². The van der Waals surface area contributed by atoms with Gasteiger partial charge in [0, 0.05) is 24.7 Å². The average molecular weight is 194 g/mol. The maximum Gasteiger partial charge on any atom is 0.253 e. The summed E-state index contributed by atoms with van der Waals surface area (Å²) in [6.45, 7) is 3.38. The van der Waals surface area contributed by atoms with Gasteiger partial charge < -0.3 is 9.72 Å². The summed E-state index contributed by atoms with van der Waals surface area (Å²) in [5.74, 6) is 0.394. The van der Waals surface area contributed by atoms with Crippen LogP contribution in [0.15, 0.2) is 11.1 Å². The molecule has 1 fully saturated rings. The van der Waals surface area contributed by atoms with E-state index in [1.807, 2.05) is 6.92 Å². The highest BCUT2D eigenvalue weighted by molar-refractivity contribution is 5.18. The number of ether oxygens (including phenoxy) is 1. The second-order valence-corrected chi connectivity index (χ2v) is 3.63. The van der Waals surface area contributed by atoms with E-state index < -0.39 is 0 Å². The summed E-state index contributed by atoms with van der Waals surface area (Å²) >= 11 is 0. The molecule has 0 unspecified atom stereocenters. The molecule has 0 saturated carbocycles. The second kappa shape index (κ2) is 3.92. The fourth-order valence-electron chi connectivity index (χ4n) is 1.86. The van der Waals surface area contributed by atoms with Crippen LogP contribution in [0, 0.1) is 6.92 Å². The lowest BCUT2D eigenvalue weighted by Gasteiger charge is -2.22. The Labute approximate surface area is 82.3 Å². The van der Waals surface area contributed by atoms with Crippen molar-refractivity contribution in [1.82, 2.24) is 9.97 Å². The van der Waals surface area contributed by atoms with Crippen LogP contribution in [-0.4, -0.2) is 23.2 Å². The van der Waals surface area contributed by atoms with Crippen LogP contribution in [0.4, 0.5) is 0 Å². The highest BCUT2D eigenvalue weighted by atomic mass is 16.5. The molecule has 1 aromatic heterocycles. The zero-order valence-corrected chi connectivity index (χ0v) is 8.25. The number of aromatic nitrogens is 2. The van der Waals surface area contributed by atoms with Crippen LogP contribution in [0.5, 0.6) is 0 Å². The van der Waals surface area contributed by atoms with Gasteiger partial charge in [0.2, 0.25) is 0 Å². The van der Waals surface area contributed by atoms with Crippen molar-refractivity contribution in [2.24, 2.45) is 0 Å². The molecule has 1 aromatic rings. The Kier molecular flexibility index (Phi) is 2.63. The number of H-pyrrole nitrogens is 1. The molecule has 0 aliphatic carbocycles. The molecule has 0 atom stereocenters. The van der Waals surface area contributed by atoms with Crippen molar-refractivity contribution < 1.29 is 4.74 Å². The highest BCUT2D eigenvalue weighted by Gasteiger charge is 2.19. The number of rotatable bonds is 1. The van der Waals surface area contributed by atoms with Crippen molar-refractivity contribution >= 4 is 0 Å². The minimum absolute atomic E-state index is 0.0264. The van der Waals surface area contributed by atoms with Crippen molar-refractivity contribution in [3.8, 4) is 0 Å². The average Bonchev–Trinajstić information content (AvgIpc) is 2.23. The predicted octanol–water partition coefficient (Wildman–Crippen LogP) is 0.972. The van der Waals surface area contributed by atoms with Gasteiger partial charge in [-0.25, -0.2) is 4.98 Å². The van der Waals surface area contributed by atoms with Crippen LogP contribution in [0.25, 0.3) is 0 Å². The maximum atomic E-state index is 11.4. The Morgan fingerprint density at radius 1 is 1.50 bits per heavy atom. The molecule has 1 aliphatic heterocycles. The summed E-state index contributed by atoms with van der Waals surface area (Å²) in [6, 6.07) is 0. The minimum atomic E-state index is -0.0264. The Bertz CT molecular complexity index is 367. The standard InChI is InChI=1S/C10H14N2O2/c1-7-9(11-6-12-10(7)13)8-2-4-14-5-3-8/h6,8H,2-5H2,1H3,(H,11,12,13). The van der Waals surface area contributed by atoms with Crippen LogP contribution in [0.3, 0.4) is 0 Å². The zero-order chi connectivity index (χ0) is 9.97. The third kappa shape index (κ3) is 1.70. The van der Waals surface area contributed by atoms with Crippen LogP contribution in [0.2, 0.25) is 0 Å². The van der Waals surface area contributed by atoms with Crippen LogP contribution < -0.4 is 5.56 Å². The first-order valence-corrected chi connectivity index (χ1v) is 4.91. The number of hydrogen-bond acceptors (Lipinski definition) is 3. The van der Waals surface area contributed by atoms with E-state index in [1.165, 1.54) is 6.33 Å². The molecular formula is C10H14N2O2. The summed E-state index contributed by atoms with van der Waals surface area (Å²) in [4.78, 5) is 18.2. The lowest BCUT2D eigenvalue weighted by Crippen LogP contribution is -2.20. The fraction of sp³-hybridized carbons (Fsp3) is 0.600. The molecule has 2 heterocycles. The van der Waals surface area contributed by atoms with E-state index in [1.54, 1.807) is 0 Å². The van der Waals surface area contributed by atoms with Crippen molar-refractivity contribution in [3.63, 3.8) is 0 Å². The molecule has 0 radical (unpaired) electrons. The number of nitrogens with zero attached hydrogens (tertiary/aromatic N) is 1. The van der Waals surface area contributed by atoms with Crippen molar-refractivity contribution in [1.29, 1.82) is 0 Å². The first-order chi connectivity index (χ1) is 6.79. The molecule has 14 heavy (non-hydrogen) atoms. The van der Waals surface area contributed by atoms with Crippen LogP contribution >= 0.6 is 0 Å². The van der Waals surface area contributed by atoms with Gasteiger partial charge in [-0.15, -0.1) is 0 Å². The monoisotopic (exact) mass is 194 g/mol. The Balaban J connectivity index is 2.30. The van der Waals surface area contributed by atoms with Gasteiger partial charge in [0.15, 0.2) is 0 Å². The van der Waals surface area contributed by atoms with Gasteiger partial charge in [0.05, 0.1) is 12.0 Å². The van der Waals surface area contributed by atoms with Crippen LogP contribution in [0.1, 0.15) is 30.0 Å². The largest absolute Gasteiger partial charge is 0.381 e. The zero-order valence-electron chi connectivity index (χ0n) is 8.25. The van der Waals surface area contributed by atoms with Gasteiger partial charge in [-0.1, -0.05) is 0 Å². The molecular weight excluding hydrogens is 180 g/mol. The molecule has 76 valence electrons. The molecule has 1 N–H and O–H groups in total. The Morgan fingerprint density at radius 3 is 2.93 bits per heavy atom. The van der Waals surface area contributed by atoms with Gasteiger partial charge >= 0.3 is 0 Å². The normalized spacial score (nSPS) is 18.4. The first kappa shape index (κ1) is 9.40. The molecule has 0 bridgehead atoms. The van der Waals surface area contributed by atoms with Crippen molar-refractivity contribution in [2.75, 3.05) is 13.2 Å². The highest BCUT2D eigenvalue weighted by Crippen LogP contribution is 2.25. The van der Waals surface area contributed by atoms with E-state index >= 15 is 0 Å². The summed E-state index contributed by atoms with van der Waals surface area (Å²) in [6.07, 6.45) is 3.43. The molecule has 1 aliphatic rings. The molecule has 4 heteroatoms. The summed E-state index contributed by atoms with van der Waals surface area (Å²) in [5.41, 5.74) is 1.66. The Morgan fingerprint density at radius 2 is 2.21 bits per heavy atom. The van der Waals surface area contributed by atoms with Gasteiger partial charge in [-0.05, 0) is 19.8 Å². The quantitative estimate of drug-likeness (QED) is 0.724. The molecule has 0 aromatic carbocycles. The predicted molar refractivity (Wildman–Crippen MR) is 52.4 cm³/mol. The van der Waals surface area contributed by atoms with E-state index in [0.717, 1.165) is 37.3 Å². The molecule has 2 rings (SSSR count). The lowest BCUT2D eigenvalue weighted by atomic mass is 9.94. The topological polar surface area (TPSA) is 55.0 Å². The van der Waals surface area contributed by atoms with Gasteiger partial charge in [-0.3, -0.25) is 4.79 Å². The first-order valence-electron chi connectivity index (χ1n) is 4.91. The number of hydrogen-bond donors (Lipinski definition) is 1. The van der Waals surface area contributed by atoms with E-state index in [9.17, 15) is 4.79 Å². The maximum absolute atomic E-state index is 11.4. The minimum Gasteiger partial charge on any atom is -0.381 e.